The maximum absolute atomic E-state index is 12.2. The fraction of sp³-hybridized carbons (Fsp3) is 0.286. The van der Waals surface area contributed by atoms with Crippen molar-refractivity contribution in [1.82, 2.24) is 29.2 Å². The second-order valence-electron chi connectivity index (χ2n) is 14.5. The smallest absolute Gasteiger partial charge is 0.462 e. The van der Waals surface area contributed by atoms with Crippen LogP contribution < -0.4 is 0 Å². The number of imidazole rings is 2. The summed E-state index contributed by atoms with van der Waals surface area (Å²) in [6, 6.07) is 10.3. The van der Waals surface area contributed by atoms with Crippen LogP contribution in [0.3, 0.4) is 0 Å². The maximum Gasteiger partial charge on any atom is 0.489 e. The van der Waals surface area contributed by atoms with Crippen LogP contribution in [0.4, 0.5) is 0 Å². The van der Waals surface area contributed by atoms with Crippen LogP contribution in [-0.4, -0.2) is 72.7 Å². The van der Waals surface area contributed by atoms with Crippen LogP contribution in [0, 0.1) is 0 Å². The number of carbonyl (C=O) groups excluding carboxylic acids is 2. The van der Waals surface area contributed by atoms with E-state index < -0.39 is 11.9 Å². The standard InChI is InChI=1S/C18H15Cl2N3O2.C15H10Cl3N3O2.C9H17BO2/c1-4-25-18(24)14-8-22-23-15(9-21-17(23)16(14)10(2)3)11-5-12(19)7-13(20)6-11;1-2-23-15(22)11-6-20-21-12(7-19-14(21)13(11)18)8-3-9(16)5-10(17)4-8;1-7(2)10-11-8(3,4)9(5,6)12-10/h5-9H,2,4H2,1,3H3;3-7H,2H2,1H3;1H2,2-6H3. The number of allylic oxidation sites excluding steroid dienone is 2. The average Bonchev–Trinajstić information content (AvgIpc) is 3.85. The Hall–Kier alpha value is -4.47. The van der Waals surface area contributed by atoms with E-state index in [0.29, 0.717) is 59.5 Å². The molecule has 6 aromatic rings. The fourth-order valence-corrected chi connectivity index (χ4v) is 7.12. The molecule has 0 bridgehead atoms. The number of esters is 2. The number of ether oxygens (including phenoxy) is 2. The van der Waals surface area contributed by atoms with Gasteiger partial charge in [-0.15, -0.1) is 6.58 Å². The molecule has 5 heterocycles. The summed E-state index contributed by atoms with van der Waals surface area (Å²) in [5.74, 6) is -0.992. The van der Waals surface area contributed by atoms with E-state index in [1.165, 1.54) is 16.9 Å². The van der Waals surface area contributed by atoms with Gasteiger partial charge >= 0.3 is 19.1 Å². The van der Waals surface area contributed by atoms with Crippen LogP contribution in [0.1, 0.15) is 81.7 Å². The van der Waals surface area contributed by atoms with Crippen LogP contribution in [0.25, 0.3) is 39.4 Å². The molecule has 7 rings (SSSR count). The van der Waals surface area contributed by atoms with Gasteiger partial charge in [0.15, 0.2) is 11.3 Å². The van der Waals surface area contributed by atoms with Crippen LogP contribution in [-0.2, 0) is 18.8 Å². The van der Waals surface area contributed by atoms with Gasteiger partial charge in [-0.2, -0.15) is 10.2 Å². The third-order valence-electron chi connectivity index (χ3n) is 9.40. The first-order chi connectivity index (χ1) is 28.2. The number of rotatable bonds is 8. The lowest BCUT2D eigenvalue weighted by atomic mass is 9.81. The number of hydrogen-bond donors (Lipinski definition) is 0. The number of fused-ring (bicyclic) bond motifs is 2. The average molecular weight is 915 g/mol. The first kappa shape index (κ1) is 46.6. The predicted octanol–water partition coefficient (Wildman–Crippen LogP) is 11.6. The summed E-state index contributed by atoms with van der Waals surface area (Å²) >= 11 is 30.5. The van der Waals surface area contributed by atoms with Gasteiger partial charge in [-0.1, -0.05) is 70.1 Å². The predicted molar refractivity (Wildman–Crippen MR) is 239 cm³/mol. The Morgan fingerprint density at radius 3 is 1.47 bits per heavy atom. The molecule has 0 amide bonds. The van der Waals surface area contributed by atoms with Crippen molar-refractivity contribution in [3.63, 3.8) is 0 Å². The molecule has 314 valence electrons. The van der Waals surface area contributed by atoms with Crippen LogP contribution >= 0.6 is 58.0 Å². The number of aromatic nitrogens is 6. The molecule has 1 aliphatic heterocycles. The van der Waals surface area contributed by atoms with Crippen molar-refractivity contribution in [2.75, 3.05) is 13.2 Å². The number of benzene rings is 2. The van der Waals surface area contributed by atoms with E-state index >= 15 is 0 Å². The number of nitrogens with zero attached hydrogens (tertiary/aromatic N) is 6. The minimum Gasteiger partial charge on any atom is -0.462 e. The van der Waals surface area contributed by atoms with Crippen molar-refractivity contribution in [3.05, 3.63) is 122 Å². The molecular formula is C42H42BCl5N6O6. The van der Waals surface area contributed by atoms with E-state index in [2.05, 4.69) is 33.3 Å². The van der Waals surface area contributed by atoms with Crippen molar-refractivity contribution in [2.45, 2.75) is 66.6 Å². The Kier molecular flexibility index (Phi) is 14.8. The second kappa shape index (κ2) is 19.1. The van der Waals surface area contributed by atoms with Gasteiger partial charge in [0, 0.05) is 36.8 Å². The van der Waals surface area contributed by atoms with E-state index in [9.17, 15) is 9.59 Å². The SMILES string of the molecule is C=C(C)B1OC(C)(C)C(C)(C)O1.C=C(C)c1c(C(=O)OCC)cnn2c(-c3cc(Cl)cc(Cl)c3)cnc12.CCOC(=O)c1cnn2c(-c3cc(Cl)cc(Cl)c3)cnc2c1Cl. The first-order valence-electron chi connectivity index (χ1n) is 18.5. The molecule has 4 aromatic heterocycles. The minimum absolute atomic E-state index is 0.169. The monoisotopic (exact) mass is 912 g/mol. The summed E-state index contributed by atoms with van der Waals surface area (Å²) in [5, 5.41) is 10.8. The Bertz CT molecular complexity index is 2570. The summed E-state index contributed by atoms with van der Waals surface area (Å²) in [4.78, 5) is 32.7. The number of carbonyl (C=O) groups is 2. The Balaban J connectivity index is 0.000000181. The van der Waals surface area contributed by atoms with Gasteiger partial charge in [-0.05, 0) is 97.4 Å². The van der Waals surface area contributed by atoms with E-state index in [4.69, 9.17) is 76.8 Å². The summed E-state index contributed by atoms with van der Waals surface area (Å²) in [7, 11) is -0.241. The zero-order chi connectivity index (χ0) is 44.3. The molecule has 0 radical (unpaired) electrons. The molecule has 12 nitrogen and oxygen atoms in total. The molecule has 0 atom stereocenters. The highest BCUT2D eigenvalue weighted by molar-refractivity contribution is 6.54. The van der Waals surface area contributed by atoms with Crippen molar-refractivity contribution >= 4 is 93.9 Å². The lowest BCUT2D eigenvalue weighted by molar-refractivity contribution is 0.00578. The highest BCUT2D eigenvalue weighted by Crippen LogP contribution is 2.38. The van der Waals surface area contributed by atoms with Crippen LogP contribution in [0.5, 0.6) is 0 Å². The lowest BCUT2D eigenvalue weighted by Crippen LogP contribution is -2.41. The van der Waals surface area contributed by atoms with Gasteiger partial charge in [0.1, 0.15) is 10.6 Å². The molecular weight excluding hydrogens is 873 g/mol. The molecule has 0 unspecified atom stereocenters. The van der Waals surface area contributed by atoms with Gasteiger partial charge in [0.2, 0.25) is 0 Å². The van der Waals surface area contributed by atoms with Gasteiger partial charge < -0.3 is 18.8 Å². The van der Waals surface area contributed by atoms with Crippen molar-refractivity contribution < 1.29 is 28.4 Å². The molecule has 1 fully saturated rings. The van der Waals surface area contributed by atoms with Crippen molar-refractivity contribution in [1.29, 1.82) is 0 Å². The summed E-state index contributed by atoms with van der Waals surface area (Å²) in [6.45, 7) is 23.7. The maximum atomic E-state index is 12.2. The third kappa shape index (κ3) is 10.2. The minimum atomic E-state index is -0.539. The largest absolute Gasteiger partial charge is 0.489 e. The lowest BCUT2D eigenvalue weighted by Gasteiger charge is -2.32. The zero-order valence-electron chi connectivity index (χ0n) is 34.2. The summed E-state index contributed by atoms with van der Waals surface area (Å²) in [5.41, 5.74) is 5.99. The molecule has 0 N–H and O–H groups in total. The van der Waals surface area contributed by atoms with Gasteiger partial charge in [0.25, 0.3) is 0 Å². The highest BCUT2D eigenvalue weighted by atomic mass is 35.5. The molecule has 2 aromatic carbocycles. The molecule has 0 aliphatic carbocycles. The Morgan fingerprint density at radius 2 is 1.07 bits per heavy atom. The Morgan fingerprint density at radius 1 is 0.667 bits per heavy atom. The molecule has 60 heavy (non-hydrogen) atoms. The summed E-state index contributed by atoms with van der Waals surface area (Å²) in [6.07, 6.45) is 6.06. The molecule has 1 aliphatic rings. The normalized spacial score (nSPS) is 13.9. The van der Waals surface area contributed by atoms with Gasteiger partial charge in [-0.25, -0.2) is 28.6 Å². The third-order valence-corrected chi connectivity index (χ3v) is 10.6. The first-order valence-corrected chi connectivity index (χ1v) is 20.4. The van der Waals surface area contributed by atoms with Gasteiger partial charge in [0.05, 0.1) is 66.2 Å². The molecule has 18 heteroatoms. The highest BCUT2D eigenvalue weighted by Gasteiger charge is 2.51. The molecule has 0 saturated carbocycles. The van der Waals surface area contributed by atoms with Crippen LogP contribution in [0.2, 0.25) is 25.1 Å². The van der Waals surface area contributed by atoms with Crippen molar-refractivity contribution in [3.8, 4) is 22.5 Å². The second-order valence-corrected chi connectivity index (χ2v) is 16.7. The van der Waals surface area contributed by atoms with E-state index in [1.54, 1.807) is 67.2 Å². The number of hydrogen-bond acceptors (Lipinski definition) is 10. The zero-order valence-corrected chi connectivity index (χ0v) is 38.0. The number of halogens is 5. The molecule has 1 saturated heterocycles. The summed E-state index contributed by atoms with van der Waals surface area (Å²) < 4.78 is 24.6. The van der Waals surface area contributed by atoms with Crippen LogP contribution in [0.15, 0.2) is 79.8 Å². The quantitative estimate of drug-likeness (QED) is 0.107. The van der Waals surface area contributed by atoms with E-state index in [1.807, 2.05) is 41.5 Å². The molecule has 0 spiro atoms. The fourth-order valence-electron chi connectivity index (χ4n) is 5.82. The van der Waals surface area contributed by atoms with Gasteiger partial charge in [-0.3, -0.25) is 0 Å². The topological polar surface area (TPSA) is 131 Å². The van der Waals surface area contributed by atoms with E-state index in [0.717, 1.165) is 16.6 Å². The van der Waals surface area contributed by atoms with E-state index in [-0.39, 0.29) is 42.1 Å². The Labute approximate surface area is 373 Å². The van der Waals surface area contributed by atoms with Crippen molar-refractivity contribution in [2.24, 2.45) is 0 Å².